The lowest BCUT2D eigenvalue weighted by Gasteiger charge is -2.32. The second kappa shape index (κ2) is 4.49. The molecule has 1 aliphatic rings. The van der Waals surface area contributed by atoms with Gasteiger partial charge in [-0.2, -0.15) is 0 Å². The van der Waals surface area contributed by atoms with Crippen LogP contribution < -0.4 is 10.2 Å². The Bertz CT molecular complexity index is 484. The van der Waals surface area contributed by atoms with Crippen molar-refractivity contribution in [3.8, 4) is 5.88 Å². The summed E-state index contributed by atoms with van der Waals surface area (Å²) in [7, 11) is 1.25. The molecule has 0 aliphatic carbocycles. The van der Waals surface area contributed by atoms with Crippen LogP contribution in [0.2, 0.25) is 0 Å². The van der Waals surface area contributed by atoms with Crippen LogP contribution in [0.1, 0.15) is 38.8 Å². The standard InChI is InChI=1S/C14H22BNO3/c1-9-8-16-12(17-7)10(2)11(9)15-18-13(3,4)14(5,6)19-15/h8H,1-7H3. The number of rotatable bonds is 2. The first-order chi connectivity index (χ1) is 8.69. The van der Waals surface area contributed by atoms with E-state index in [2.05, 4.69) is 32.7 Å². The third-order valence-corrected chi connectivity index (χ3v) is 4.21. The van der Waals surface area contributed by atoms with Gasteiger partial charge in [-0.3, -0.25) is 0 Å². The molecule has 0 bridgehead atoms. The van der Waals surface area contributed by atoms with Crippen LogP contribution in [0, 0.1) is 13.8 Å². The second-order valence-corrected chi connectivity index (χ2v) is 6.08. The minimum Gasteiger partial charge on any atom is -0.481 e. The zero-order chi connectivity index (χ0) is 14.4. The molecule has 0 unspecified atom stereocenters. The smallest absolute Gasteiger partial charge is 0.481 e. The summed E-state index contributed by atoms with van der Waals surface area (Å²) >= 11 is 0. The molecule has 0 aromatic carbocycles. The first kappa shape index (κ1) is 14.3. The highest BCUT2D eigenvalue weighted by atomic mass is 16.7. The number of hydrogen-bond acceptors (Lipinski definition) is 4. The topological polar surface area (TPSA) is 40.6 Å². The van der Waals surface area contributed by atoms with Gasteiger partial charge in [-0.15, -0.1) is 0 Å². The van der Waals surface area contributed by atoms with Crippen molar-refractivity contribution >= 4 is 12.6 Å². The Balaban J connectivity index is 2.45. The van der Waals surface area contributed by atoms with Crippen LogP contribution in [0.15, 0.2) is 6.20 Å². The van der Waals surface area contributed by atoms with Crippen molar-refractivity contribution in [3.05, 3.63) is 17.3 Å². The predicted octanol–water partition coefficient (Wildman–Crippen LogP) is 2.01. The molecule has 0 saturated carbocycles. The Morgan fingerprint density at radius 3 is 2.11 bits per heavy atom. The van der Waals surface area contributed by atoms with Gasteiger partial charge in [0, 0.05) is 11.8 Å². The van der Waals surface area contributed by atoms with Crippen LogP contribution in [0.3, 0.4) is 0 Å². The van der Waals surface area contributed by atoms with Gasteiger partial charge in [0.15, 0.2) is 0 Å². The molecule has 2 heterocycles. The molecule has 104 valence electrons. The summed E-state index contributed by atoms with van der Waals surface area (Å²) in [6.45, 7) is 12.2. The summed E-state index contributed by atoms with van der Waals surface area (Å²) in [5, 5.41) is 0. The van der Waals surface area contributed by atoms with E-state index in [1.807, 2.05) is 13.8 Å². The quantitative estimate of drug-likeness (QED) is 0.765. The molecule has 1 aromatic rings. The van der Waals surface area contributed by atoms with E-state index in [1.165, 1.54) is 0 Å². The molecular formula is C14H22BNO3. The summed E-state index contributed by atoms with van der Waals surface area (Å²) in [6, 6.07) is 0. The molecule has 0 spiro atoms. The predicted molar refractivity (Wildman–Crippen MR) is 76.0 cm³/mol. The van der Waals surface area contributed by atoms with Gasteiger partial charge in [0.25, 0.3) is 0 Å². The SMILES string of the molecule is COc1ncc(C)c(B2OC(C)(C)C(C)(C)O2)c1C. The summed E-state index contributed by atoms with van der Waals surface area (Å²) in [5.74, 6) is 0.621. The lowest BCUT2D eigenvalue weighted by molar-refractivity contribution is 0.00578. The molecule has 0 atom stereocenters. The summed E-state index contributed by atoms with van der Waals surface area (Å²) in [6.07, 6.45) is 1.80. The van der Waals surface area contributed by atoms with Crippen molar-refractivity contribution in [1.82, 2.24) is 4.98 Å². The van der Waals surface area contributed by atoms with Crippen molar-refractivity contribution in [2.24, 2.45) is 0 Å². The third kappa shape index (κ3) is 2.25. The largest absolute Gasteiger partial charge is 0.495 e. The van der Waals surface area contributed by atoms with Crippen molar-refractivity contribution in [2.75, 3.05) is 7.11 Å². The van der Waals surface area contributed by atoms with Gasteiger partial charge in [0.1, 0.15) is 0 Å². The van der Waals surface area contributed by atoms with Crippen LogP contribution >= 0.6 is 0 Å². The maximum absolute atomic E-state index is 6.11. The van der Waals surface area contributed by atoms with Crippen molar-refractivity contribution in [3.63, 3.8) is 0 Å². The van der Waals surface area contributed by atoms with Crippen molar-refractivity contribution in [2.45, 2.75) is 52.7 Å². The summed E-state index contributed by atoms with van der Waals surface area (Å²) < 4.78 is 17.5. The van der Waals surface area contributed by atoms with Gasteiger partial charge in [-0.1, -0.05) is 0 Å². The van der Waals surface area contributed by atoms with Crippen LogP contribution in [0.4, 0.5) is 0 Å². The van der Waals surface area contributed by atoms with Gasteiger partial charge < -0.3 is 14.0 Å². The molecule has 0 N–H and O–H groups in total. The van der Waals surface area contributed by atoms with Crippen LogP contribution in [-0.4, -0.2) is 30.4 Å². The summed E-state index contributed by atoms with van der Waals surface area (Å²) in [5.41, 5.74) is 2.36. The van der Waals surface area contributed by atoms with E-state index in [1.54, 1.807) is 13.3 Å². The Morgan fingerprint density at radius 1 is 1.11 bits per heavy atom. The molecule has 4 nitrogen and oxygen atoms in total. The van der Waals surface area contributed by atoms with Gasteiger partial charge in [0.2, 0.25) is 5.88 Å². The van der Waals surface area contributed by atoms with E-state index < -0.39 is 0 Å². The molecule has 1 saturated heterocycles. The Hall–Kier alpha value is -1.07. The third-order valence-electron chi connectivity index (χ3n) is 4.21. The van der Waals surface area contributed by atoms with E-state index in [4.69, 9.17) is 14.0 Å². The number of methoxy groups -OCH3 is 1. The Kier molecular flexibility index (Phi) is 3.39. The molecule has 1 fully saturated rings. The number of aromatic nitrogens is 1. The Labute approximate surface area is 115 Å². The van der Waals surface area contributed by atoms with Gasteiger partial charge in [-0.05, 0) is 52.6 Å². The molecule has 0 amide bonds. The minimum absolute atomic E-state index is 0.340. The van der Waals surface area contributed by atoms with E-state index >= 15 is 0 Å². The van der Waals surface area contributed by atoms with Crippen LogP contribution in [-0.2, 0) is 9.31 Å². The van der Waals surface area contributed by atoms with Crippen molar-refractivity contribution in [1.29, 1.82) is 0 Å². The van der Waals surface area contributed by atoms with Gasteiger partial charge in [0.05, 0.1) is 18.3 Å². The molecular weight excluding hydrogens is 241 g/mol. The minimum atomic E-state index is -0.373. The fourth-order valence-electron chi connectivity index (χ4n) is 2.26. The van der Waals surface area contributed by atoms with Gasteiger partial charge in [-0.25, -0.2) is 4.98 Å². The molecule has 0 radical (unpaired) electrons. The molecule has 19 heavy (non-hydrogen) atoms. The zero-order valence-corrected chi connectivity index (χ0v) is 12.8. The Morgan fingerprint density at radius 2 is 1.63 bits per heavy atom. The van der Waals surface area contributed by atoms with E-state index in [0.29, 0.717) is 5.88 Å². The maximum Gasteiger partial charge on any atom is 0.495 e. The molecule has 2 rings (SSSR count). The highest BCUT2D eigenvalue weighted by Gasteiger charge is 2.52. The van der Waals surface area contributed by atoms with Gasteiger partial charge >= 0.3 is 7.12 Å². The average molecular weight is 263 g/mol. The monoisotopic (exact) mass is 263 g/mol. The first-order valence-electron chi connectivity index (χ1n) is 6.55. The number of nitrogens with zero attached hydrogens (tertiary/aromatic N) is 1. The second-order valence-electron chi connectivity index (χ2n) is 6.08. The molecule has 1 aromatic heterocycles. The number of pyridine rings is 1. The number of aryl methyl sites for hydroxylation is 1. The highest BCUT2D eigenvalue weighted by molar-refractivity contribution is 6.63. The number of hydrogen-bond donors (Lipinski definition) is 0. The zero-order valence-electron chi connectivity index (χ0n) is 12.8. The van der Waals surface area contributed by atoms with Crippen molar-refractivity contribution < 1.29 is 14.0 Å². The van der Waals surface area contributed by atoms with E-state index in [9.17, 15) is 0 Å². The van der Waals surface area contributed by atoms with E-state index in [-0.39, 0.29) is 18.3 Å². The molecule has 1 aliphatic heterocycles. The van der Waals surface area contributed by atoms with Crippen LogP contribution in [0.25, 0.3) is 0 Å². The first-order valence-corrected chi connectivity index (χ1v) is 6.55. The summed E-state index contributed by atoms with van der Waals surface area (Å²) in [4.78, 5) is 4.27. The van der Waals surface area contributed by atoms with Crippen LogP contribution in [0.5, 0.6) is 5.88 Å². The maximum atomic E-state index is 6.11. The molecule has 5 heteroatoms. The fourth-order valence-corrected chi connectivity index (χ4v) is 2.26. The lowest BCUT2D eigenvalue weighted by Crippen LogP contribution is -2.41. The number of ether oxygens (including phenoxy) is 1. The fraction of sp³-hybridized carbons (Fsp3) is 0.643. The van der Waals surface area contributed by atoms with E-state index in [0.717, 1.165) is 16.6 Å². The highest BCUT2D eigenvalue weighted by Crippen LogP contribution is 2.37. The average Bonchev–Trinajstić information content (AvgIpc) is 2.48. The normalized spacial score (nSPS) is 20.7. The lowest BCUT2D eigenvalue weighted by atomic mass is 9.74.